The summed E-state index contributed by atoms with van der Waals surface area (Å²) in [5.41, 5.74) is 3.86. The van der Waals surface area contributed by atoms with Crippen LogP contribution in [0.15, 0.2) is 30.5 Å². The molecule has 2 saturated heterocycles. The van der Waals surface area contributed by atoms with Gasteiger partial charge in [0.2, 0.25) is 5.95 Å². The van der Waals surface area contributed by atoms with Gasteiger partial charge in [0, 0.05) is 35.4 Å². The molecule has 7 nitrogen and oxygen atoms in total. The van der Waals surface area contributed by atoms with Crippen LogP contribution in [0.5, 0.6) is 0 Å². The second-order valence-electron chi connectivity index (χ2n) is 9.86. The number of anilines is 2. The number of nitrogens with zero attached hydrogens (tertiary/aromatic N) is 5. The minimum absolute atomic E-state index is 0.0387. The standard InChI is InChI=1S/C24H28N6O/c1-24(2,3)21-8-10-26-23(28-21)29-11-9-15-12-16(4-6-19(15)29)22(31)27-18-13-17-5-7-20(18)30(17)14-25/h4,6,8,10,12,17-18,20H,5,7,9,11,13H2,1-3H3,(H,27,31). The fourth-order valence-corrected chi connectivity index (χ4v) is 5.20. The van der Waals surface area contributed by atoms with Crippen LogP contribution in [0.3, 0.4) is 0 Å². The van der Waals surface area contributed by atoms with Crippen LogP contribution in [0.1, 0.15) is 61.6 Å². The Morgan fingerprint density at radius 1 is 1.26 bits per heavy atom. The summed E-state index contributed by atoms with van der Waals surface area (Å²) in [6, 6.07) is 8.35. The van der Waals surface area contributed by atoms with Crippen LogP contribution >= 0.6 is 0 Å². The Balaban J connectivity index is 1.33. The van der Waals surface area contributed by atoms with Crippen LogP contribution in [0.4, 0.5) is 11.6 Å². The minimum atomic E-state index is -0.0531. The van der Waals surface area contributed by atoms with Crippen molar-refractivity contribution < 1.29 is 4.79 Å². The van der Waals surface area contributed by atoms with Gasteiger partial charge in [0.05, 0.1) is 17.8 Å². The Morgan fingerprint density at radius 3 is 2.84 bits per heavy atom. The van der Waals surface area contributed by atoms with E-state index in [2.05, 4.69) is 42.2 Å². The van der Waals surface area contributed by atoms with Crippen LogP contribution < -0.4 is 10.2 Å². The van der Waals surface area contributed by atoms with Gasteiger partial charge in [-0.25, -0.2) is 9.97 Å². The van der Waals surface area contributed by atoms with Crippen molar-refractivity contribution in [3.05, 3.63) is 47.3 Å². The lowest BCUT2D eigenvalue weighted by atomic mass is 9.92. The van der Waals surface area contributed by atoms with Crippen molar-refractivity contribution in [2.75, 3.05) is 11.4 Å². The second-order valence-corrected chi connectivity index (χ2v) is 9.86. The first-order valence-corrected chi connectivity index (χ1v) is 11.1. The van der Waals surface area contributed by atoms with Crippen molar-refractivity contribution in [2.24, 2.45) is 0 Å². The van der Waals surface area contributed by atoms with Crippen LogP contribution in [0, 0.1) is 11.5 Å². The zero-order valence-electron chi connectivity index (χ0n) is 18.3. The van der Waals surface area contributed by atoms with E-state index in [9.17, 15) is 10.1 Å². The average molecular weight is 417 g/mol. The summed E-state index contributed by atoms with van der Waals surface area (Å²) < 4.78 is 0. The first kappa shape index (κ1) is 19.8. The number of amides is 1. The van der Waals surface area contributed by atoms with Crippen molar-refractivity contribution in [1.29, 1.82) is 5.26 Å². The zero-order chi connectivity index (χ0) is 21.8. The minimum Gasteiger partial charge on any atom is -0.347 e. The molecule has 1 N–H and O–H groups in total. The van der Waals surface area contributed by atoms with Crippen LogP contribution in [0.25, 0.3) is 0 Å². The van der Waals surface area contributed by atoms with Crippen molar-refractivity contribution in [3.8, 4) is 6.19 Å². The second kappa shape index (κ2) is 7.23. The summed E-state index contributed by atoms with van der Waals surface area (Å²) in [5.74, 6) is 0.657. The van der Waals surface area contributed by atoms with E-state index in [-0.39, 0.29) is 29.4 Å². The van der Waals surface area contributed by atoms with Gasteiger partial charge in [-0.2, -0.15) is 5.26 Å². The van der Waals surface area contributed by atoms with E-state index >= 15 is 0 Å². The molecule has 1 amide bonds. The molecule has 4 heterocycles. The number of carbonyl (C=O) groups excluding carboxylic acids is 1. The number of rotatable bonds is 3. The predicted octanol–water partition coefficient (Wildman–Crippen LogP) is 3.28. The summed E-state index contributed by atoms with van der Waals surface area (Å²) in [4.78, 5) is 26.2. The van der Waals surface area contributed by atoms with E-state index in [0.717, 1.165) is 49.2 Å². The van der Waals surface area contributed by atoms with Gasteiger partial charge in [0.1, 0.15) is 0 Å². The Hall–Kier alpha value is -3.14. The van der Waals surface area contributed by atoms with Crippen LogP contribution in [0.2, 0.25) is 0 Å². The van der Waals surface area contributed by atoms with E-state index in [1.807, 2.05) is 35.4 Å². The lowest BCUT2D eigenvalue weighted by Gasteiger charge is -2.23. The number of hydrogen-bond donors (Lipinski definition) is 1. The smallest absolute Gasteiger partial charge is 0.251 e. The zero-order valence-corrected chi connectivity index (χ0v) is 18.3. The monoisotopic (exact) mass is 416 g/mol. The summed E-state index contributed by atoms with van der Waals surface area (Å²) in [6.07, 6.45) is 7.88. The molecule has 3 atom stereocenters. The Bertz CT molecular complexity index is 1070. The number of aromatic nitrogens is 2. The highest BCUT2D eigenvalue weighted by atomic mass is 16.1. The largest absolute Gasteiger partial charge is 0.347 e. The molecule has 0 radical (unpaired) electrons. The van der Waals surface area contributed by atoms with E-state index in [1.165, 1.54) is 0 Å². The summed E-state index contributed by atoms with van der Waals surface area (Å²) in [7, 11) is 0. The molecule has 0 aliphatic carbocycles. The van der Waals surface area contributed by atoms with Crippen molar-refractivity contribution >= 4 is 17.5 Å². The number of nitrogens with one attached hydrogen (secondary N) is 1. The molecule has 31 heavy (non-hydrogen) atoms. The van der Waals surface area contributed by atoms with Crippen LogP contribution in [-0.4, -0.2) is 45.4 Å². The molecule has 5 rings (SSSR count). The van der Waals surface area contributed by atoms with Gasteiger partial charge in [0.25, 0.3) is 5.91 Å². The molecule has 1 aromatic carbocycles. The molecular formula is C24H28N6O. The third-order valence-corrected chi connectivity index (χ3v) is 6.86. The summed E-state index contributed by atoms with van der Waals surface area (Å²) >= 11 is 0. The Kier molecular flexibility index (Phi) is 4.62. The Labute approximate surface area is 183 Å². The molecule has 7 heteroatoms. The van der Waals surface area contributed by atoms with Gasteiger partial charge < -0.3 is 15.1 Å². The van der Waals surface area contributed by atoms with Gasteiger partial charge in [-0.3, -0.25) is 4.79 Å². The quantitative estimate of drug-likeness (QED) is 0.773. The van der Waals surface area contributed by atoms with Crippen molar-refractivity contribution in [2.45, 2.75) is 70.0 Å². The van der Waals surface area contributed by atoms with Gasteiger partial charge in [0.15, 0.2) is 6.19 Å². The van der Waals surface area contributed by atoms with Gasteiger partial charge in [-0.05, 0) is 55.5 Å². The Morgan fingerprint density at radius 2 is 2.10 bits per heavy atom. The van der Waals surface area contributed by atoms with Gasteiger partial charge in [-0.15, -0.1) is 0 Å². The number of nitriles is 1. The molecule has 2 fully saturated rings. The lowest BCUT2D eigenvalue weighted by Crippen LogP contribution is -2.43. The first-order valence-electron chi connectivity index (χ1n) is 11.1. The molecule has 0 saturated carbocycles. The van der Waals surface area contributed by atoms with E-state index in [4.69, 9.17) is 4.98 Å². The van der Waals surface area contributed by atoms with Crippen molar-refractivity contribution in [3.63, 3.8) is 0 Å². The van der Waals surface area contributed by atoms with E-state index in [0.29, 0.717) is 11.5 Å². The molecule has 2 bridgehead atoms. The molecule has 3 aliphatic heterocycles. The fourth-order valence-electron chi connectivity index (χ4n) is 5.20. The third-order valence-electron chi connectivity index (χ3n) is 6.86. The predicted molar refractivity (Wildman–Crippen MR) is 118 cm³/mol. The highest BCUT2D eigenvalue weighted by Gasteiger charge is 2.46. The average Bonchev–Trinajstić information content (AvgIpc) is 3.44. The number of hydrogen-bond acceptors (Lipinski definition) is 6. The molecule has 3 unspecified atom stereocenters. The topological polar surface area (TPSA) is 85.2 Å². The lowest BCUT2D eigenvalue weighted by molar-refractivity contribution is 0.0928. The van der Waals surface area contributed by atoms with Gasteiger partial charge in [-0.1, -0.05) is 20.8 Å². The molecule has 1 aromatic heterocycles. The highest BCUT2D eigenvalue weighted by molar-refractivity contribution is 5.95. The van der Waals surface area contributed by atoms with Crippen molar-refractivity contribution in [1.82, 2.24) is 20.2 Å². The number of carbonyl (C=O) groups is 1. The maximum atomic E-state index is 12.9. The molecular weight excluding hydrogens is 388 g/mol. The highest BCUT2D eigenvalue weighted by Crippen LogP contribution is 2.37. The molecule has 3 aliphatic rings. The maximum Gasteiger partial charge on any atom is 0.251 e. The normalized spacial score (nSPS) is 24.3. The summed E-state index contributed by atoms with van der Waals surface area (Å²) in [6.45, 7) is 7.24. The fraction of sp³-hybridized carbons (Fsp3) is 0.500. The summed E-state index contributed by atoms with van der Waals surface area (Å²) in [5, 5.41) is 12.5. The SMILES string of the molecule is CC(C)(C)c1ccnc(N2CCc3cc(C(=O)NC4CC5CCC4N5C#N)ccc32)n1. The molecule has 2 aromatic rings. The van der Waals surface area contributed by atoms with E-state index in [1.54, 1.807) is 0 Å². The molecule has 0 spiro atoms. The third kappa shape index (κ3) is 3.40. The maximum absolute atomic E-state index is 12.9. The number of fused-ring (bicyclic) bond motifs is 3. The van der Waals surface area contributed by atoms with Gasteiger partial charge >= 0.3 is 0 Å². The molecule has 160 valence electrons. The first-order chi connectivity index (χ1) is 14.8. The van der Waals surface area contributed by atoms with E-state index < -0.39 is 0 Å². The number of benzene rings is 1. The van der Waals surface area contributed by atoms with Crippen LogP contribution in [-0.2, 0) is 11.8 Å².